The standard InChI is InChI=1S/C15H22N2O3/c1-3-20-13-8-7-11(10-14(13)19-2)17-15(18)12-6-4-5-9-16-12/h7-8,10,12,16H,3-6,9H2,1-2H3,(H,17,18)/t12-/m1/s1. The van der Waals surface area contributed by atoms with Crippen molar-refractivity contribution >= 4 is 11.6 Å². The zero-order valence-electron chi connectivity index (χ0n) is 12.1. The van der Waals surface area contributed by atoms with E-state index >= 15 is 0 Å². The highest BCUT2D eigenvalue weighted by Crippen LogP contribution is 2.30. The Balaban J connectivity index is 2.03. The molecule has 20 heavy (non-hydrogen) atoms. The van der Waals surface area contributed by atoms with E-state index in [0.717, 1.165) is 31.5 Å². The highest BCUT2D eigenvalue weighted by atomic mass is 16.5. The molecule has 1 amide bonds. The zero-order chi connectivity index (χ0) is 14.4. The Bertz CT molecular complexity index is 456. The smallest absolute Gasteiger partial charge is 0.241 e. The van der Waals surface area contributed by atoms with Crippen LogP contribution in [0.3, 0.4) is 0 Å². The second-order valence-corrected chi connectivity index (χ2v) is 4.79. The van der Waals surface area contributed by atoms with Crippen LogP contribution in [0.4, 0.5) is 5.69 Å². The van der Waals surface area contributed by atoms with E-state index in [9.17, 15) is 4.79 Å². The Morgan fingerprint density at radius 1 is 1.40 bits per heavy atom. The largest absolute Gasteiger partial charge is 0.493 e. The number of hydrogen-bond acceptors (Lipinski definition) is 4. The van der Waals surface area contributed by atoms with Gasteiger partial charge in [0.25, 0.3) is 0 Å². The number of hydrogen-bond donors (Lipinski definition) is 2. The van der Waals surface area contributed by atoms with Crippen molar-refractivity contribution in [3.8, 4) is 11.5 Å². The van der Waals surface area contributed by atoms with Gasteiger partial charge in [-0.25, -0.2) is 0 Å². The van der Waals surface area contributed by atoms with Gasteiger partial charge in [-0.3, -0.25) is 4.79 Å². The van der Waals surface area contributed by atoms with E-state index in [1.807, 2.05) is 19.1 Å². The molecule has 110 valence electrons. The van der Waals surface area contributed by atoms with Crippen LogP contribution in [0.25, 0.3) is 0 Å². The molecule has 5 nitrogen and oxygen atoms in total. The topological polar surface area (TPSA) is 59.6 Å². The SMILES string of the molecule is CCOc1ccc(NC(=O)[C@H]2CCCCN2)cc1OC. The Hall–Kier alpha value is -1.75. The summed E-state index contributed by atoms with van der Waals surface area (Å²) in [7, 11) is 1.59. The number of amides is 1. The van der Waals surface area contributed by atoms with Crippen molar-refractivity contribution < 1.29 is 14.3 Å². The molecule has 1 saturated heterocycles. The molecule has 0 unspecified atom stereocenters. The number of methoxy groups -OCH3 is 1. The first-order chi connectivity index (χ1) is 9.74. The highest BCUT2D eigenvalue weighted by Gasteiger charge is 2.20. The molecular formula is C15H22N2O3. The van der Waals surface area contributed by atoms with Crippen molar-refractivity contribution in [2.75, 3.05) is 25.6 Å². The Morgan fingerprint density at radius 2 is 2.25 bits per heavy atom. The molecule has 0 bridgehead atoms. The monoisotopic (exact) mass is 278 g/mol. The van der Waals surface area contributed by atoms with Gasteiger partial charge in [0.2, 0.25) is 5.91 Å². The van der Waals surface area contributed by atoms with Gasteiger partial charge in [-0.1, -0.05) is 6.42 Å². The van der Waals surface area contributed by atoms with E-state index in [1.54, 1.807) is 13.2 Å². The fraction of sp³-hybridized carbons (Fsp3) is 0.533. The van der Waals surface area contributed by atoms with Crippen molar-refractivity contribution in [2.45, 2.75) is 32.2 Å². The van der Waals surface area contributed by atoms with Gasteiger partial charge in [0.05, 0.1) is 19.8 Å². The van der Waals surface area contributed by atoms with E-state index < -0.39 is 0 Å². The van der Waals surface area contributed by atoms with Gasteiger partial charge in [0.15, 0.2) is 11.5 Å². The number of carbonyl (C=O) groups excluding carboxylic acids is 1. The first-order valence-electron chi connectivity index (χ1n) is 7.09. The molecular weight excluding hydrogens is 256 g/mol. The van der Waals surface area contributed by atoms with E-state index in [-0.39, 0.29) is 11.9 Å². The summed E-state index contributed by atoms with van der Waals surface area (Å²) >= 11 is 0. The van der Waals surface area contributed by atoms with Crippen LogP contribution >= 0.6 is 0 Å². The summed E-state index contributed by atoms with van der Waals surface area (Å²) in [5, 5.41) is 6.15. The highest BCUT2D eigenvalue weighted by molar-refractivity contribution is 5.95. The number of carbonyl (C=O) groups is 1. The lowest BCUT2D eigenvalue weighted by molar-refractivity contribution is -0.118. The van der Waals surface area contributed by atoms with Gasteiger partial charge in [-0.2, -0.15) is 0 Å². The first kappa shape index (κ1) is 14.7. The molecule has 2 rings (SSSR count). The number of anilines is 1. The number of ether oxygens (including phenoxy) is 2. The molecule has 0 spiro atoms. The molecule has 0 saturated carbocycles. The third-order valence-electron chi connectivity index (χ3n) is 3.36. The minimum atomic E-state index is -0.0960. The van der Waals surface area contributed by atoms with Gasteiger partial charge >= 0.3 is 0 Å². The fourth-order valence-corrected chi connectivity index (χ4v) is 2.33. The van der Waals surface area contributed by atoms with Crippen molar-refractivity contribution in [1.82, 2.24) is 5.32 Å². The van der Waals surface area contributed by atoms with Gasteiger partial charge in [0, 0.05) is 11.8 Å². The van der Waals surface area contributed by atoms with E-state index in [2.05, 4.69) is 10.6 Å². The predicted octanol–water partition coefficient (Wildman–Crippen LogP) is 2.17. The Morgan fingerprint density at radius 3 is 2.90 bits per heavy atom. The summed E-state index contributed by atoms with van der Waals surface area (Å²) < 4.78 is 10.7. The van der Waals surface area contributed by atoms with Gasteiger partial charge in [-0.15, -0.1) is 0 Å². The maximum absolute atomic E-state index is 12.1. The van der Waals surface area contributed by atoms with Crippen LogP contribution in [0, 0.1) is 0 Å². The van der Waals surface area contributed by atoms with Crippen LogP contribution in [-0.2, 0) is 4.79 Å². The molecule has 0 aromatic heterocycles. The van der Waals surface area contributed by atoms with Gasteiger partial charge < -0.3 is 20.1 Å². The number of piperidine rings is 1. The normalized spacial score (nSPS) is 18.4. The van der Waals surface area contributed by atoms with Crippen LogP contribution in [-0.4, -0.2) is 32.2 Å². The summed E-state index contributed by atoms with van der Waals surface area (Å²) in [6, 6.07) is 5.33. The molecule has 1 atom stereocenters. The molecule has 0 aliphatic carbocycles. The number of benzene rings is 1. The van der Waals surface area contributed by atoms with Crippen LogP contribution in [0.5, 0.6) is 11.5 Å². The molecule has 1 aromatic rings. The van der Waals surface area contributed by atoms with E-state index in [4.69, 9.17) is 9.47 Å². The van der Waals surface area contributed by atoms with E-state index in [0.29, 0.717) is 18.1 Å². The molecule has 1 aromatic carbocycles. The van der Waals surface area contributed by atoms with Crippen molar-refractivity contribution in [1.29, 1.82) is 0 Å². The summed E-state index contributed by atoms with van der Waals surface area (Å²) in [5.74, 6) is 1.32. The van der Waals surface area contributed by atoms with Crippen LogP contribution in [0.2, 0.25) is 0 Å². The Labute approximate surface area is 119 Å². The molecule has 0 radical (unpaired) electrons. The van der Waals surface area contributed by atoms with Crippen molar-refractivity contribution in [3.05, 3.63) is 18.2 Å². The molecule has 1 aliphatic rings. The molecule has 2 N–H and O–H groups in total. The molecule has 1 fully saturated rings. The van der Waals surface area contributed by atoms with E-state index in [1.165, 1.54) is 0 Å². The molecule has 1 heterocycles. The fourth-order valence-electron chi connectivity index (χ4n) is 2.33. The second-order valence-electron chi connectivity index (χ2n) is 4.79. The number of nitrogens with one attached hydrogen (secondary N) is 2. The van der Waals surface area contributed by atoms with Gasteiger partial charge in [0.1, 0.15) is 0 Å². The average molecular weight is 278 g/mol. The molecule has 1 aliphatic heterocycles. The first-order valence-corrected chi connectivity index (χ1v) is 7.09. The third-order valence-corrected chi connectivity index (χ3v) is 3.36. The zero-order valence-corrected chi connectivity index (χ0v) is 12.1. The number of rotatable bonds is 5. The molecule has 5 heteroatoms. The quantitative estimate of drug-likeness (QED) is 0.866. The van der Waals surface area contributed by atoms with Crippen molar-refractivity contribution in [2.24, 2.45) is 0 Å². The lowest BCUT2D eigenvalue weighted by Crippen LogP contribution is -2.43. The lowest BCUT2D eigenvalue weighted by atomic mass is 10.0. The summed E-state index contributed by atoms with van der Waals surface area (Å²) in [6.45, 7) is 3.41. The maximum Gasteiger partial charge on any atom is 0.241 e. The minimum absolute atomic E-state index is 0.0101. The minimum Gasteiger partial charge on any atom is -0.493 e. The Kier molecular flexibility index (Phi) is 5.24. The van der Waals surface area contributed by atoms with Crippen LogP contribution < -0.4 is 20.1 Å². The van der Waals surface area contributed by atoms with Crippen LogP contribution in [0.1, 0.15) is 26.2 Å². The lowest BCUT2D eigenvalue weighted by Gasteiger charge is -2.22. The second kappa shape index (κ2) is 7.14. The van der Waals surface area contributed by atoms with Crippen molar-refractivity contribution in [3.63, 3.8) is 0 Å². The van der Waals surface area contributed by atoms with Crippen LogP contribution in [0.15, 0.2) is 18.2 Å². The van der Waals surface area contributed by atoms with Gasteiger partial charge in [-0.05, 0) is 38.4 Å². The summed E-state index contributed by atoms with van der Waals surface area (Å²) in [6.07, 6.45) is 3.12. The third kappa shape index (κ3) is 3.63. The average Bonchev–Trinajstić information content (AvgIpc) is 2.50. The summed E-state index contributed by atoms with van der Waals surface area (Å²) in [5.41, 5.74) is 0.725. The maximum atomic E-state index is 12.1. The predicted molar refractivity (Wildman–Crippen MR) is 78.4 cm³/mol. The summed E-state index contributed by atoms with van der Waals surface area (Å²) in [4.78, 5) is 12.1.